The molecule has 1 rings (SSSR count). The second-order valence-corrected chi connectivity index (χ2v) is 5.01. The molecule has 2 unspecified atom stereocenters. The van der Waals surface area contributed by atoms with E-state index in [9.17, 15) is 0 Å². The van der Waals surface area contributed by atoms with Crippen LogP contribution in [0, 0.1) is 0 Å². The zero-order chi connectivity index (χ0) is 11.8. The fourth-order valence-electron chi connectivity index (χ4n) is 1.34. The Bertz CT molecular complexity index is 279. The fraction of sp³-hybridized carbons (Fsp3) is 0.538. The highest BCUT2D eigenvalue weighted by Crippen LogP contribution is 2.15. The zero-order valence-corrected chi connectivity index (χ0v) is 11.1. The summed E-state index contributed by atoms with van der Waals surface area (Å²) in [4.78, 5) is 1.33. The molecule has 0 fully saturated rings. The van der Waals surface area contributed by atoms with Crippen LogP contribution < -0.4 is 5.32 Å². The monoisotopic (exact) mass is 239 g/mol. The Hall–Kier alpha value is -0.510. The maximum Gasteiger partial charge on any atom is 0.0693 e. The van der Waals surface area contributed by atoms with Crippen LogP contribution in [0.2, 0.25) is 0 Å². The lowest BCUT2D eigenvalue weighted by Crippen LogP contribution is -2.37. The summed E-state index contributed by atoms with van der Waals surface area (Å²) in [6.45, 7) is 5.25. The molecule has 0 aromatic heterocycles. The molecule has 0 aliphatic heterocycles. The Morgan fingerprint density at radius 1 is 1.25 bits per heavy atom. The number of methoxy groups -OCH3 is 1. The first-order valence-corrected chi connectivity index (χ1v) is 6.66. The summed E-state index contributed by atoms with van der Waals surface area (Å²) in [6, 6.07) is 10.9. The highest BCUT2D eigenvalue weighted by Gasteiger charge is 2.09. The Labute approximate surface area is 103 Å². The Morgan fingerprint density at radius 2 is 1.94 bits per heavy atom. The zero-order valence-electron chi connectivity index (χ0n) is 10.3. The molecule has 3 heteroatoms. The molecule has 0 aliphatic carbocycles. The van der Waals surface area contributed by atoms with Gasteiger partial charge in [0.1, 0.15) is 0 Å². The normalized spacial score (nSPS) is 14.7. The molecule has 90 valence electrons. The molecule has 0 heterocycles. The smallest absolute Gasteiger partial charge is 0.0693 e. The first-order chi connectivity index (χ1) is 7.74. The summed E-state index contributed by atoms with van der Waals surface area (Å²) in [5.41, 5.74) is 0. The van der Waals surface area contributed by atoms with Gasteiger partial charge in [0.25, 0.3) is 0 Å². The van der Waals surface area contributed by atoms with E-state index in [0.29, 0.717) is 6.04 Å². The number of nitrogens with one attached hydrogen (secondary N) is 1. The van der Waals surface area contributed by atoms with Gasteiger partial charge in [-0.3, -0.25) is 0 Å². The first-order valence-electron chi connectivity index (χ1n) is 5.68. The molecule has 1 N–H and O–H groups in total. The van der Waals surface area contributed by atoms with Gasteiger partial charge in [0.05, 0.1) is 6.10 Å². The van der Waals surface area contributed by atoms with Gasteiger partial charge in [-0.15, -0.1) is 11.8 Å². The topological polar surface area (TPSA) is 21.3 Å². The van der Waals surface area contributed by atoms with Gasteiger partial charge < -0.3 is 10.1 Å². The maximum atomic E-state index is 5.26. The molecular formula is C13H21NOS. The van der Waals surface area contributed by atoms with Crippen molar-refractivity contribution >= 4 is 11.8 Å². The average Bonchev–Trinajstić information content (AvgIpc) is 2.34. The second kappa shape index (κ2) is 7.71. The van der Waals surface area contributed by atoms with E-state index in [1.165, 1.54) is 4.90 Å². The second-order valence-electron chi connectivity index (χ2n) is 3.85. The summed E-state index contributed by atoms with van der Waals surface area (Å²) < 4.78 is 5.26. The van der Waals surface area contributed by atoms with Crippen LogP contribution in [0.5, 0.6) is 0 Å². The minimum Gasteiger partial charge on any atom is -0.380 e. The third-order valence-corrected chi connectivity index (χ3v) is 3.67. The molecular weight excluding hydrogens is 218 g/mol. The number of ether oxygens (including phenoxy) is 1. The van der Waals surface area contributed by atoms with E-state index in [0.717, 1.165) is 12.3 Å². The minimum atomic E-state index is 0.265. The molecule has 16 heavy (non-hydrogen) atoms. The summed E-state index contributed by atoms with van der Waals surface area (Å²) in [7, 11) is 1.75. The number of hydrogen-bond donors (Lipinski definition) is 1. The van der Waals surface area contributed by atoms with Crippen LogP contribution in [0.1, 0.15) is 13.8 Å². The molecule has 2 atom stereocenters. The minimum absolute atomic E-state index is 0.265. The average molecular weight is 239 g/mol. The highest BCUT2D eigenvalue weighted by molar-refractivity contribution is 7.99. The van der Waals surface area contributed by atoms with Crippen LogP contribution in [0.15, 0.2) is 35.2 Å². The van der Waals surface area contributed by atoms with E-state index in [-0.39, 0.29) is 6.10 Å². The van der Waals surface area contributed by atoms with Crippen LogP contribution in [0.25, 0.3) is 0 Å². The molecule has 0 saturated carbocycles. The number of benzene rings is 1. The molecule has 0 radical (unpaired) electrons. The van der Waals surface area contributed by atoms with E-state index < -0.39 is 0 Å². The molecule has 1 aromatic rings. The molecule has 2 nitrogen and oxygen atoms in total. The van der Waals surface area contributed by atoms with Crippen LogP contribution in [0.4, 0.5) is 0 Å². The van der Waals surface area contributed by atoms with Crippen molar-refractivity contribution in [3.8, 4) is 0 Å². The SMILES string of the molecule is COC(C)C(C)NCCSc1ccccc1. The summed E-state index contributed by atoms with van der Waals surface area (Å²) in [6.07, 6.45) is 0.265. The quantitative estimate of drug-likeness (QED) is 0.584. The number of hydrogen-bond acceptors (Lipinski definition) is 3. The van der Waals surface area contributed by atoms with Crippen LogP contribution in [-0.2, 0) is 4.74 Å². The summed E-state index contributed by atoms with van der Waals surface area (Å²) >= 11 is 1.88. The predicted octanol–water partition coefficient (Wildman–Crippen LogP) is 2.79. The van der Waals surface area contributed by atoms with Gasteiger partial charge in [-0.1, -0.05) is 18.2 Å². The Balaban J connectivity index is 2.13. The van der Waals surface area contributed by atoms with Crippen LogP contribution in [0.3, 0.4) is 0 Å². The fourth-order valence-corrected chi connectivity index (χ4v) is 2.15. The van der Waals surface area contributed by atoms with E-state index >= 15 is 0 Å². The van der Waals surface area contributed by atoms with Gasteiger partial charge >= 0.3 is 0 Å². The third-order valence-electron chi connectivity index (χ3n) is 2.66. The van der Waals surface area contributed by atoms with Crippen LogP contribution in [-0.4, -0.2) is 31.6 Å². The van der Waals surface area contributed by atoms with Crippen molar-refractivity contribution < 1.29 is 4.74 Å². The third kappa shape index (κ3) is 5.01. The van der Waals surface area contributed by atoms with E-state index in [1.54, 1.807) is 7.11 Å². The van der Waals surface area contributed by atoms with Crippen molar-refractivity contribution in [1.82, 2.24) is 5.32 Å². The maximum absolute atomic E-state index is 5.26. The number of rotatable bonds is 7. The van der Waals surface area contributed by atoms with Gasteiger partial charge in [-0.05, 0) is 26.0 Å². The molecule has 0 bridgehead atoms. The van der Waals surface area contributed by atoms with Gasteiger partial charge in [0.15, 0.2) is 0 Å². The van der Waals surface area contributed by atoms with Crippen molar-refractivity contribution in [2.45, 2.75) is 30.9 Å². The Morgan fingerprint density at radius 3 is 2.56 bits per heavy atom. The lowest BCUT2D eigenvalue weighted by molar-refractivity contribution is 0.0895. The number of thioether (sulfide) groups is 1. The summed E-state index contributed by atoms with van der Waals surface area (Å²) in [5.74, 6) is 1.09. The van der Waals surface area contributed by atoms with E-state index in [2.05, 4.69) is 43.4 Å². The van der Waals surface area contributed by atoms with E-state index in [4.69, 9.17) is 4.74 Å². The van der Waals surface area contributed by atoms with Crippen LogP contribution >= 0.6 is 11.8 Å². The highest BCUT2D eigenvalue weighted by atomic mass is 32.2. The van der Waals surface area contributed by atoms with Crippen molar-refractivity contribution in [3.63, 3.8) is 0 Å². The van der Waals surface area contributed by atoms with Gasteiger partial charge in [-0.2, -0.15) is 0 Å². The molecule has 0 saturated heterocycles. The van der Waals surface area contributed by atoms with Crippen molar-refractivity contribution in [2.75, 3.05) is 19.4 Å². The Kier molecular flexibility index (Phi) is 6.53. The predicted molar refractivity (Wildman–Crippen MR) is 71.1 cm³/mol. The molecule has 0 amide bonds. The van der Waals surface area contributed by atoms with E-state index in [1.807, 2.05) is 17.8 Å². The lowest BCUT2D eigenvalue weighted by Gasteiger charge is -2.19. The molecule has 0 spiro atoms. The molecule has 0 aliphatic rings. The van der Waals surface area contributed by atoms with Gasteiger partial charge in [0.2, 0.25) is 0 Å². The lowest BCUT2D eigenvalue weighted by atomic mass is 10.2. The van der Waals surface area contributed by atoms with Crippen molar-refractivity contribution in [2.24, 2.45) is 0 Å². The first kappa shape index (κ1) is 13.6. The standard InChI is InChI=1S/C13H21NOS/c1-11(12(2)15-3)14-9-10-16-13-7-5-4-6-8-13/h4-8,11-12,14H,9-10H2,1-3H3. The van der Waals surface area contributed by atoms with Crippen molar-refractivity contribution in [1.29, 1.82) is 0 Å². The van der Waals surface area contributed by atoms with Crippen molar-refractivity contribution in [3.05, 3.63) is 30.3 Å². The molecule has 1 aromatic carbocycles. The van der Waals surface area contributed by atoms with Gasteiger partial charge in [0, 0.05) is 30.3 Å². The largest absolute Gasteiger partial charge is 0.380 e. The summed E-state index contributed by atoms with van der Waals surface area (Å²) in [5, 5.41) is 3.46. The van der Waals surface area contributed by atoms with Gasteiger partial charge in [-0.25, -0.2) is 0 Å².